The van der Waals surface area contributed by atoms with Gasteiger partial charge in [0.05, 0.1) is 5.69 Å². The molecule has 1 aromatic carbocycles. The molecular weight excluding hydrogens is 281 g/mol. The molecule has 112 valence electrons. The molecule has 0 bridgehead atoms. The number of halogens is 1. The first-order chi connectivity index (χ1) is 9.40. The molecule has 6 heteroatoms. The highest BCUT2D eigenvalue weighted by atomic mass is 32.3. The van der Waals surface area contributed by atoms with Crippen molar-refractivity contribution in [3.05, 3.63) is 24.3 Å². The minimum Gasteiger partial charge on any atom is -0.325 e. The zero-order chi connectivity index (χ0) is 15.2. The standard InChI is InChI=1S/C14H20FNO3S/c1-3-5-8-11(4-2)14(17)16-12-9-6-7-10-13(12)20(15,18)19/h6-7,9-11H,3-5,8H2,1-2H3,(H,16,17). The molecule has 1 N–H and O–H groups in total. The summed E-state index contributed by atoms with van der Waals surface area (Å²) in [6.07, 6.45) is 3.31. The van der Waals surface area contributed by atoms with Gasteiger partial charge in [-0.1, -0.05) is 38.8 Å². The fourth-order valence-corrected chi connectivity index (χ4v) is 2.61. The number of nitrogens with one attached hydrogen (secondary N) is 1. The van der Waals surface area contributed by atoms with Crippen LogP contribution in [-0.4, -0.2) is 14.3 Å². The average molecular weight is 301 g/mol. The van der Waals surface area contributed by atoms with Crippen LogP contribution in [0.5, 0.6) is 0 Å². The van der Waals surface area contributed by atoms with E-state index in [1.165, 1.54) is 12.1 Å². The highest BCUT2D eigenvalue weighted by molar-refractivity contribution is 7.86. The predicted molar refractivity (Wildman–Crippen MR) is 76.7 cm³/mol. The summed E-state index contributed by atoms with van der Waals surface area (Å²) in [6.45, 7) is 3.94. The first-order valence-electron chi connectivity index (χ1n) is 6.74. The fraction of sp³-hybridized carbons (Fsp3) is 0.500. The van der Waals surface area contributed by atoms with Crippen LogP contribution in [0.15, 0.2) is 29.2 Å². The van der Waals surface area contributed by atoms with Gasteiger partial charge in [0.15, 0.2) is 0 Å². The van der Waals surface area contributed by atoms with Gasteiger partial charge >= 0.3 is 10.2 Å². The van der Waals surface area contributed by atoms with Crippen molar-refractivity contribution < 1.29 is 17.1 Å². The lowest BCUT2D eigenvalue weighted by atomic mass is 9.98. The van der Waals surface area contributed by atoms with Gasteiger partial charge < -0.3 is 5.32 Å². The molecule has 1 rings (SSSR count). The van der Waals surface area contributed by atoms with Crippen LogP contribution in [-0.2, 0) is 15.0 Å². The Bertz CT molecular complexity index is 557. The van der Waals surface area contributed by atoms with Crippen LogP contribution in [0.4, 0.5) is 9.57 Å². The van der Waals surface area contributed by atoms with Crippen molar-refractivity contribution in [1.29, 1.82) is 0 Å². The number of carbonyl (C=O) groups is 1. The third-order valence-corrected chi connectivity index (χ3v) is 4.06. The summed E-state index contributed by atoms with van der Waals surface area (Å²) in [4.78, 5) is 11.6. The average Bonchev–Trinajstić information content (AvgIpc) is 2.39. The van der Waals surface area contributed by atoms with Crippen molar-refractivity contribution in [2.75, 3.05) is 5.32 Å². The van der Waals surface area contributed by atoms with E-state index in [1.54, 1.807) is 6.07 Å². The number of carbonyl (C=O) groups excluding carboxylic acids is 1. The number of amides is 1. The van der Waals surface area contributed by atoms with Gasteiger partial charge in [-0.2, -0.15) is 8.42 Å². The molecule has 20 heavy (non-hydrogen) atoms. The Morgan fingerprint density at radius 3 is 2.50 bits per heavy atom. The Labute approximate surface area is 119 Å². The third-order valence-electron chi connectivity index (χ3n) is 3.18. The van der Waals surface area contributed by atoms with E-state index in [0.29, 0.717) is 6.42 Å². The smallest absolute Gasteiger partial charge is 0.325 e. The topological polar surface area (TPSA) is 63.2 Å². The van der Waals surface area contributed by atoms with Gasteiger partial charge in [0.1, 0.15) is 4.90 Å². The number of anilines is 1. The first kappa shape index (κ1) is 16.6. The number of hydrogen-bond acceptors (Lipinski definition) is 3. The summed E-state index contributed by atoms with van der Waals surface area (Å²) in [5.41, 5.74) is -0.00468. The van der Waals surface area contributed by atoms with Crippen molar-refractivity contribution in [3.8, 4) is 0 Å². The maximum Gasteiger partial charge on any atom is 0.334 e. The fourth-order valence-electron chi connectivity index (χ4n) is 1.99. The zero-order valence-corrected chi connectivity index (χ0v) is 12.5. The molecule has 1 aromatic rings. The van der Waals surface area contributed by atoms with Crippen LogP contribution in [0.1, 0.15) is 39.5 Å². The summed E-state index contributed by atoms with van der Waals surface area (Å²) in [7, 11) is -4.84. The lowest BCUT2D eigenvalue weighted by Gasteiger charge is -2.15. The van der Waals surface area contributed by atoms with Crippen molar-refractivity contribution >= 4 is 21.8 Å². The van der Waals surface area contributed by atoms with Crippen molar-refractivity contribution in [1.82, 2.24) is 0 Å². The van der Waals surface area contributed by atoms with E-state index in [-0.39, 0.29) is 17.5 Å². The van der Waals surface area contributed by atoms with Crippen molar-refractivity contribution in [2.45, 2.75) is 44.4 Å². The SMILES string of the molecule is CCCCC(CC)C(=O)Nc1ccccc1S(=O)(=O)F. The quantitative estimate of drug-likeness (QED) is 0.784. The number of rotatable bonds is 7. The van der Waals surface area contributed by atoms with E-state index in [9.17, 15) is 17.1 Å². The Morgan fingerprint density at radius 2 is 1.95 bits per heavy atom. The Kier molecular flexibility index (Phi) is 6.13. The number of unbranched alkanes of at least 4 members (excludes halogenated alkanes) is 1. The Hall–Kier alpha value is -1.43. The molecule has 0 saturated heterocycles. The molecule has 0 fully saturated rings. The molecule has 0 aliphatic carbocycles. The predicted octanol–water partition coefficient (Wildman–Crippen LogP) is 3.50. The highest BCUT2D eigenvalue weighted by Crippen LogP contribution is 2.24. The summed E-state index contributed by atoms with van der Waals surface area (Å²) < 4.78 is 35.2. The number of para-hydroxylation sites is 1. The minimum atomic E-state index is -4.84. The Balaban J connectivity index is 2.90. The molecule has 0 aromatic heterocycles. The lowest BCUT2D eigenvalue weighted by molar-refractivity contribution is -0.120. The van der Waals surface area contributed by atoms with E-state index in [2.05, 4.69) is 5.32 Å². The summed E-state index contributed by atoms with van der Waals surface area (Å²) in [5, 5.41) is 2.52. The maximum atomic E-state index is 13.1. The van der Waals surface area contributed by atoms with Gasteiger partial charge in [-0.3, -0.25) is 4.79 Å². The monoisotopic (exact) mass is 301 g/mol. The van der Waals surface area contributed by atoms with Crippen LogP contribution in [0.3, 0.4) is 0 Å². The van der Waals surface area contributed by atoms with Gasteiger partial charge in [0.25, 0.3) is 0 Å². The van der Waals surface area contributed by atoms with Crippen molar-refractivity contribution in [3.63, 3.8) is 0 Å². The van der Waals surface area contributed by atoms with Crippen LogP contribution < -0.4 is 5.32 Å². The van der Waals surface area contributed by atoms with E-state index in [0.717, 1.165) is 25.3 Å². The molecule has 4 nitrogen and oxygen atoms in total. The van der Waals surface area contributed by atoms with Crippen LogP contribution in [0.2, 0.25) is 0 Å². The third kappa shape index (κ3) is 4.59. The van der Waals surface area contributed by atoms with Crippen molar-refractivity contribution in [2.24, 2.45) is 5.92 Å². The summed E-state index contributed by atoms with van der Waals surface area (Å²) >= 11 is 0. The zero-order valence-electron chi connectivity index (χ0n) is 11.7. The van der Waals surface area contributed by atoms with E-state index < -0.39 is 15.1 Å². The lowest BCUT2D eigenvalue weighted by Crippen LogP contribution is -2.23. The van der Waals surface area contributed by atoms with E-state index in [1.807, 2.05) is 13.8 Å². The molecule has 1 amide bonds. The molecule has 0 spiro atoms. The maximum absolute atomic E-state index is 13.1. The first-order valence-corrected chi connectivity index (χ1v) is 8.13. The molecule has 0 radical (unpaired) electrons. The molecule has 1 atom stereocenters. The minimum absolute atomic E-state index is 0.00468. The molecular formula is C14H20FNO3S. The van der Waals surface area contributed by atoms with Gasteiger partial charge in [0, 0.05) is 5.92 Å². The Morgan fingerprint density at radius 1 is 1.30 bits per heavy atom. The normalized spacial score (nSPS) is 12.9. The van der Waals surface area contributed by atoms with E-state index in [4.69, 9.17) is 0 Å². The second kappa shape index (κ2) is 7.38. The number of benzene rings is 1. The second-order valence-electron chi connectivity index (χ2n) is 4.67. The van der Waals surface area contributed by atoms with Crippen LogP contribution >= 0.6 is 0 Å². The van der Waals surface area contributed by atoms with Gasteiger partial charge in [-0.25, -0.2) is 0 Å². The van der Waals surface area contributed by atoms with E-state index >= 15 is 0 Å². The second-order valence-corrected chi connectivity index (χ2v) is 5.99. The summed E-state index contributed by atoms with van der Waals surface area (Å²) in [5.74, 6) is -0.456. The molecule has 0 aliphatic rings. The summed E-state index contributed by atoms with van der Waals surface area (Å²) in [6, 6.07) is 5.49. The molecule has 1 unspecified atom stereocenters. The highest BCUT2D eigenvalue weighted by Gasteiger charge is 2.21. The van der Waals surface area contributed by atoms with Gasteiger partial charge in [0.2, 0.25) is 5.91 Å². The largest absolute Gasteiger partial charge is 0.334 e. The molecule has 0 aliphatic heterocycles. The molecule has 0 heterocycles. The van der Waals surface area contributed by atoms with Gasteiger partial charge in [-0.05, 0) is 25.0 Å². The van der Waals surface area contributed by atoms with Crippen LogP contribution in [0.25, 0.3) is 0 Å². The number of hydrogen-bond donors (Lipinski definition) is 1. The van der Waals surface area contributed by atoms with Crippen LogP contribution in [0, 0.1) is 5.92 Å². The molecule has 0 saturated carbocycles. The van der Waals surface area contributed by atoms with Gasteiger partial charge in [-0.15, -0.1) is 3.89 Å².